The summed E-state index contributed by atoms with van der Waals surface area (Å²) in [6.45, 7) is 6.46. The molecule has 0 amide bonds. The maximum Gasteiger partial charge on any atom is -0.0103 e. The third-order valence-electron chi connectivity index (χ3n) is 6.23. The highest BCUT2D eigenvalue weighted by Gasteiger charge is 2.11. The van der Waals surface area contributed by atoms with Crippen molar-refractivity contribution >= 4 is 0 Å². The van der Waals surface area contributed by atoms with Gasteiger partial charge in [0.15, 0.2) is 0 Å². The molecule has 0 spiro atoms. The van der Waals surface area contributed by atoms with Crippen molar-refractivity contribution < 1.29 is 0 Å². The Balaban J connectivity index is 1.62. The molecule has 5 rings (SSSR count). The van der Waals surface area contributed by atoms with Crippen LogP contribution in [0.5, 0.6) is 0 Å². The average Bonchev–Trinajstić information content (AvgIpc) is 2.84. The van der Waals surface area contributed by atoms with Gasteiger partial charge in [0.25, 0.3) is 0 Å². The summed E-state index contributed by atoms with van der Waals surface area (Å²) in [5.74, 6) is 0. The first-order valence-corrected chi connectivity index (χ1v) is 11.5. The first-order valence-electron chi connectivity index (χ1n) is 11.5. The average molecular weight is 425 g/mol. The monoisotopic (exact) mass is 424 g/mol. The third-order valence-corrected chi connectivity index (χ3v) is 6.23. The fraction of sp³-hybridized carbons (Fsp3) is 0.0909. The fourth-order valence-corrected chi connectivity index (χ4v) is 4.53. The maximum absolute atomic E-state index is 2.32. The molecule has 0 radical (unpaired) electrons. The maximum atomic E-state index is 2.32. The van der Waals surface area contributed by atoms with E-state index in [4.69, 9.17) is 0 Å². The zero-order valence-electron chi connectivity index (χ0n) is 19.5. The molecule has 0 bridgehead atoms. The lowest BCUT2D eigenvalue weighted by molar-refractivity contribution is 1.45. The molecule has 0 heterocycles. The Morgan fingerprint density at radius 1 is 0.303 bits per heavy atom. The molecule has 5 aromatic carbocycles. The van der Waals surface area contributed by atoms with Crippen molar-refractivity contribution in [2.24, 2.45) is 0 Å². The Morgan fingerprint density at radius 2 is 0.697 bits per heavy atom. The van der Waals surface area contributed by atoms with Gasteiger partial charge in [0.2, 0.25) is 0 Å². The Kier molecular flexibility index (Phi) is 5.67. The molecule has 0 aliphatic carbocycles. The van der Waals surface area contributed by atoms with E-state index in [2.05, 4.69) is 136 Å². The van der Waals surface area contributed by atoms with Crippen LogP contribution in [-0.2, 0) is 0 Å². The number of benzene rings is 5. The summed E-state index contributed by atoms with van der Waals surface area (Å²) >= 11 is 0. The van der Waals surface area contributed by atoms with Crippen LogP contribution < -0.4 is 0 Å². The topological polar surface area (TPSA) is 0 Å². The molecular formula is C33H28. The van der Waals surface area contributed by atoms with E-state index >= 15 is 0 Å². The molecule has 160 valence electrons. The van der Waals surface area contributed by atoms with Gasteiger partial charge in [-0.05, 0) is 77.4 Å². The van der Waals surface area contributed by atoms with Gasteiger partial charge in [0.05, 0.1) is 0 Å². The Morgan fingerprint density at radius 3 is 1.21 bits per heavy atom. The van der Waals surface area contributed by atoms with E-state index in [1.807, 2.05) is 0 Å². The van der Waals surface area contributed by atoms with Crippen LogP contribution in [-0.4, -0.2) is 0 Å². The summed E-state index contributed by atoms with van der Waals surface area (Å²) in [5.41, 5.74) is 13.8. The summed E-state index contributed by atoms with van der Waals surface area (Å²) in [5, 5.41) is 0. The standard InChI is InChI=1S/C33H28/c1-23-8-4-10-26(18-23)28-12-6-14-30(21-28)32-17-16-25(3)20-33(32)31-15-7-13-29(22-31)27-11-5-9-24(2)19-27/h4-22H,1-3H3. The first kappa shape index (κ1) is 21.0. The van der Waals surface area contributed by atoms with Crippen molar-refractivity contribution in [1.82, 2.24) is 0 Å². The van der Waals surface area contributed by atoms with E-state index in [1.165, 1.54) is 61.2 Å². The highest BCUT2D eigenvalue weighted by atomic mass is 14.1. The minimum absolute atomic E-state index is 1.24. The lowest BCUT2D eigenvalue weighted by Gasteiger charge is -2.14. The second-order valence-electron chi connectivity index (χ2n) is 8.95. The molecule has 0 unspecified atom stereocenters. The molecule has 0 saturated heterocycles. The van der Waals surface area contributed by atoms with E-state index in [0.717, 1.165) is 0 Å². The zero-order valence-corrected chi connectivity index (χ0v) is 19.5. The van der Waals surface area contributed by atoms with Crippen molar-refractivity contribution in [3.63, 3.8) is 0 Å². The highest BCUT2D eigenvalue weighted by Crippen LogP contribution is 2.36. The lowest BCUT2D eigenvalue weighted by Crippen LogP contribution is -1.89. The summed E-state index contributed by atoms with van der Waals surface area (Å²) in [6, 6.07) is 42.0. The molecule has 0 atom stereocenters. The van der Waals surface area contributed by atoms with Crippen LogP contribution in [0.1, 0.15) is 16.7 Å². The van der Waals surface area contributed by atoms with Gasteiger partial charge in [-0.25, -0.2) is 0 Å². The molecular weight excluding hydrogens is 396 g/mol. The largest absolute Gasteiger partial charge is 0.0614 e. The van der Waals surface area contributed by atoms with Crippen LogP contribution in [0.25, 0.3) is 44.5 Å². The van der Waals surface area contributed by atoms with Gasteiger partial charge in [-0.1, -0.05) is 120 Å². The van der Waals surface area contributed by atoms with Crippen LogP contribution in [0.4, 0.5) is 0 Å². The molecule has 0 saturated carbocycles. The summed E-state index contributed by atoms with van der Waals surface area (Å²) in [7, 11) is 0. The smallest absolute Gasteiger partial charge is 0.0103 e. The van der Waals surface area contributed by atoms with Crippen molar-refractivity contribution in [3.8, 4) is 44.5 Å². The van der Waals surface area contributed by atoms with E-state index in [1.54, 1.807) is 0 Å². The summed E-state index contributed by atoms with van der Waals surface area (Å²) < 4.78 is 0. The van der Waals surface area contributed by atoms with Crippen LogP contribution in [0, 0.1) is 20.8 Å². The normalized spacial score (nSPS) is 10.9. The minimum Gasteiger partial charge on any atom is -0.0614 e. The Labute approximate surface area is 197 Å². The lowest BCUT2D eigenvalue weighted by atomic mass is 9.90. The highest BCUT2D eigenvalue weighted by molar-refractivity contribution is 5.87. The fourth-order valence-electron chi connectivity index (χ4n) is 4.53. The number of aryl methyl sites for hydroxylation is 3. The Bertz CT molecular complexity index is 1440. The molecule has 5 aromatic rings. The van der Waals surface area contributed by atoms with Gasteiger partial charge in [0, 0.05) is 0 Å². The van der Waals surface area contributed by atoms with Crippen LogP contribution in [0.15, 0.2) is 115 Å². The Hall–Kier alpha value is -3.90. The third kappa shape index (κ3) is 4.52. The molecule has 0 aliphatic rings. The number of hydrogen-bond acceptors (Lipinski definition) is 0. The van der Waals surface area contributed by atoms with E-state index in [0.29, 0.717) is 0 Å². The first-order chi connectivity index (χ1) is 16.1. The van der Waals surface area contributed by atoms with E-state index < -0.39 is 0 Å². The van der Waals surface area contributed by atoms with E-state index in [9.17, 15) is 0 Å². The molecule has 0 nitrogen and oxygen atoms in total. The summed E-state index contributed by atoms with van der Waals surface area (Å²) in [6.07, 6.45) is 0. The van der Waals surface area contributed by atoms with Crippen LogP contribution in [0.3, 0.4) is 0 Å². The van der Waals surface area contributed by atoms with Gasteiger partial charge in [-0.15, -0.1) is 0 Å². The van der Waals surface area contributed by atoms with E-state index in [-0.39, 0.29) is 0 Å². The quantitative estimate of drug-likeness (QED) is 0.270. The predicted octanol–water partition coefficient (Wildman–Crippen LogP) is 9.28. The van der Waals surface area contributed by atoms with Gasteiger partial charge >= 0.3 is 0 Å². The molecule has 0 fully saturated rings. The predicted molar refractivity (Wildman–Crippen MR) is 142 cm³/mol. The van der Waals surface area contributed by atoms with Crippen molar-refractivity contribution in [3.05, 3.63) is 132 Å². The minimum atomic E-state index is 1.24. The number of hydrogen-bond donors (Lipinski definition) is 0. The molecule has 0 heteroatoms. The van der Waals surface area contributed by atoms with Gasteiger partial charge in [-0.3, -0.25) is 0 Å². The zero-order chi connectivity index (χ0) is 22.8. The summed E-state index contributed by atoms with van der Waals surface area (Å²) in [4.78, 5) is 0. The SMILES string of the molecule is Cc1cccc(-c2cccc(-c3ccc(C)cc3-c3cccc(-c4cccc(C)c4)c3)c2)c1. The van der Waals surface area contributed by atoms with Crippen molar-refractivity contribution in [2.45, 2.75) is 20.8 Å². The molecule has 0 aromatic heterocycles. The van der Waals surface area contributed by atoms with Crippen molar-refractivity contribution in [1.29, 1.82) is 0 Å². The second kappa shape index (κ2) is 8.92. The van der Waals surface area contributed by atoms with Gasteiger partial charge < -0.3 is 0 Å². The van der Waals surface area contributed by atoms with Crippen molar-refractivity contribution in [2.75, 3.05) is 0 Å². The molecule has 33 heavy (non-hydrogen) atoms. The molecule has 0 aliphatic heterocycles. The number of rotatable bonds is 4. The van der Waals surface area contributed by atoms with Crippen LogP contribution in [0.2, 0.25) is 0 Å². The van der Waals surface area contributed by atoms with Gasteiger partial charge in [0.1, 0.15) is 0 Å². The molecule has 0 N–H and O–H groups in total. The van der Waals surface area contributed by atoms with Gasteiger partial charge in [-0.2, -0.15) is 0 Å². The van der Waals surface area contributed by atoms with Crippen LogP contribution >= 0.6 is 0 Å². The second-order valence-corrected chi connectivity index (χ2v) is 8.95.